The molecule has 0 aliphatic rings. The minimum atomic E-state index is -0.271. The quantitative estimate of drug-likeness (QED) is 0.692. The average Bonchev–Trinajstić information content (AvgIpc) is 2.79. The topological polar surface area (TPSA) is 43.6 Å². The van der Waals surface area contributed by atoms with Crippen LogP contribution in [0.25, 0.3) is 0 Å². The van der Waals surface area contributed by atoms with E-state index in [0.29, 0.717) is 13.2 Å². The van der Waals surface area contributed by atoms with Crippen molar-refractivity contribution in [3.63, 3.8) is 0 Å². The van der Waals surface area contributed by atoms with E-state index in [9.17, 15) is 0 Å². The molecule has 0 fully saturated rings. The maximum Gasteiger partial charge on any atom is 0.176 e. The van der Waals surface area contributed by atoms with E-state index in [1.807, 2.05) is 19.9 Å². The number of rotatable bonds is 8. The number of hydrogen-bond acceptors (Lipinski definition) is 4. The summed E-state index contributed by atoms with van der Waals surface area (Å²) in [6, 6.07) is 1.95. The lowest BCUT2D eigenvalue weighted by molar-refractivity contribution is -0.155. The van der Waals surface area contributed by atoms with Crippen LogP contribution < -0.4 is 5.32 Å². The first kappa shape index (κ1) is 13.2. The van der Waals surface area contributed by atoms with E-state index >= 15 is 0 Å². The predicted octanol–water partition coefficient (Wildman–Crippen LogP) is 2.33. The maximum atomic E-state index is 5.59. The predicted molar refractivity (Wildman–Crippen MR) is 62.2 cm³/mol. The highest BCUT2D eigenvalue weighted by Crippen LogP contribution is 2.20. The summed E-state index contributed by atoms with van der Waals surface area (Å²) in [4.78, 5) is 0. The van der Waals surface area contributed by atoms with Gasteiger partial charge in [0.05, 0.1) is 18.6 Å². The molecule has 16 heavy (non-hydrogen) atoms. The molecule has 0 saturated carbocycles. The van der Waals surface area contributed by atoms with Gasteiger partial charge in [-0.25, -0.2) is 0 Å². The van der Waals surface area contributed by atoms with Gasteiger partial charge >= 0.3 is 0 Å². The van der Waals surface area contributed by atoms with E-state index in [2.05, 4.69) is 12.2 Å². The molecule has 0 amide bonds. The lowest BCUT2D eigenvalue weighted by atomic mass is 10.1. The van der Waals surface area contributed by atoms with E-state index < -0.39 is 0 Å². The summed E-state index contributed by atoms with van der Waals surface area (Å²) in [5.41, 5.74) is 1.05. The zero-order valence-corrected chi connectivity index (χ0v) is 10.2. The van der Waals surface area contributed by atoms with Gasteiger partial charge in [0.25, 0.3) is 0 Å². The zero-order chi connectivity index (χ0) is 11.8. The Morgan fingerprint density at radius 1 is 1.25 bits per heavy atom. The molecular formula is C12H21NO3. The first-order valence-corrected chi connectivity index (χ1v) is 5.82. The molecule has 0 bridgehead atoms. The van der Waals surface area contributed by atoms with Crippen molar-refractivity contribution in [2.24, 2.45) is 0 Å². The van der Waals surface area contributed by atoms with Crippen LogP contribution in [0, 0.1) is 0 Å². The van der Waals surface area contributed by atoms with Gasteiger partial charge in [-0.15, -0.1) is 0 Å². The van der Waals surface area contributed by atoms with Crippen molar-refractivity contribution in [3.8, 4) is 0 Å². The lowest BCUT2D eigenvalue weighted by Crippen LogP contribution is -2.35. The third kappa shape index (κ3) is 3.63. The number of ether oxygens (including phenoxy) is 2. The van der Waals surface area contributed by atoms with Crippen LogP contribution in [-0.4, -0.2) is 26.0 Å². The first-order valence-electron chi connectivity index (χ1n) is 5.82. The van der Waals surface area contributed by atoms with E-state index in [0.717, 1.165) is 12.1 Å². The summed E-state index contributed by atoms with van der Waals surface area (Å²) in [7, 11) is 0. The second-order valence-electron chi connectivity index (χ2n) is 3.37. The largest absolute Gasteiger partial charge is 0.472 e. The van der Waals surface area contributed by atoms with Gasteiger partial charge in [0.1, 0.15) is 0 Å². The summed E-state index contributed by atoms with van der Waals surface area (Å²) in [6.07, 6.45) is 3.11. The van der Waals surface area contributed by atoms with E-state index in [4.69, 9.17) is 13.9 Å². The van der Waals surface area contributed by atoms with Gasteiger partial charge in [0, 0.05) is 18.8 Å². The fourth-order valence-corrected chi connectivity index (χ4v) is 1.61. The molecule has 0 spiro atoms. The van der Waals surface area contributed by atoms with Gasteiger partial charge in [-0.3, -0.25) is 0 Å². The molecule has 1 aromatic heterocycles. The fraction of sp³-hybridized carbons (Fsp3) is 0.667. The number of likely N-dealkylation sites (N-methyl/N-ethyl adjacent to an activating group) is 1. The molecule has 0 saturated heterocycles. The second kappa shape index (κ2) is 7.44. The second-order valence-corrected chi connectivity index (χ2v) is 3.37. The smallest absolute Gasteiger partial charge is 0.176 e. The molecule has 0 aromatic carbocycles. The van der Waals surface area contributed by atoms with Gasteiger partial charge in [-0.2, -0.15) is 0 Å². The van der Waals surface area contributed by atoms with Crippen LogP contribution in [0.3, 0.4) is 0 Å². The highest BCUT2D eigenvalue weighted by atomic mass is 16.7. The van der Waals surface area contributed by atoms with Crippen LogP contribution >= 0.6 is 0 Å². The van der Waals surface area contributed by atoms with Gasteiger partial charge < -0.3 is 19.2 Å². The molecule has 1 unspecified atom stereocenters. The molecule has 1 N–H and O–H groups in total. The molecule has 1 heterocycles. The molecule has 0 radical (unpaired) electrons. The van der Waals surface area contributed by atoms with E-state index in [1.54, 1.807) is 12.5 Å². The minimum absolute atomic E-state index is 0.0173. The highest BCUT2D eigenvalue weighted by Gasteiger charge is 2.24. The van der Waals surface area contributed by atoms with Crippen LogP contribution in [0.2, 0.25) is 0 Å². The molecule has 92 valence electrons. The normalized spacial score (nSPS) is 13.2. The first-order chi connectivity index (χ1) is 7.83. The minimum Gasteiger partial charge on any atom is -0.472 e. The van der Waals surface area contributed by atoms with Crippen molar-refractivity contribution in [2.75, 3.05) is 19.8 Å². The standard InChI is InChI=1S/C12H21NO3/c1-4-13-11(10-7-8-14-9-10)12(15-5-2)16-6-3/h7-9,11-13H,4-6H2,1-3H3. The van der Waals surface area contributed by atoms with Gasteiger partial charge in [-0.05, 0) is 26.5 Å². The molecule has 1 rings (SSSR count). The summed E-state index contributed by atoms with van der Waals surface area (Å²) in [6.45, 7) is 8.10. The van der Waals surface area contributed by atoms with Gasteiger partial charge in [0.2, 0.25) is 0 Å². The van der Waals surface area contributed by atoms with E-state index in [-0.39, 0.29) is 12.3 Å². The maximum absolute atomic E-state index is 5.59. The Hall–Kier alpha value is -0.840. The molecule has 4 nitrogen and oxygen atoms in total. The third-order valence-corrected chi connectivity index (χ3v) is 2.26. The van der Waals surface area contributed by atoms with Crippen LogP contribution in [0.4, 0.5) is 0 Å². The molecule has 1 atom stereocenters. The Morgan fingerprint density at radius 2 is 1.94 bits per heavy atom. The zero-order valence-electron chi connectivity index (χ0n) is 10.2. The average molecular weight is 227 g/mol. The number of hydrogen-bond donors (Lipinski definition) is 1. The Bertz CT molecular complexity index is 255. The fourth-order valence-electron chi connectivity index (χ4n) is 1.61. The molecule has 0 aliphatic heterocycles. The SMILES string of the molecule is CCNC(c1ccoc1)C(OCC)OCC. The van der Waals surface area contributed by atoms with Crippen LogP contribution in [-0.2, 0) is 9.47 Å². The van der Waals surface area contributed by atoms with Gasteiger partial charge in [0.15, 0.2) is 6.29 Å². The van der Waals surface area contributed by atoms with Crippen molar-refractivity contribution >= 4 is 0 Å². The van der Waals surface area contributed by atoms with Crippen molar-refractivity contribution in [3.05, 3.63) is 24.2 Å². The summed E-state index contributed by atoms with van der Waals surface area (Å²) >= 11 is 0. The molecule has 0 aliphatic carbocycles. The van der Waals surface area contributed by atoms with Crippen LogP contribution in [0.1, 0.15) is 32.4 Å². The van der Waals surface area contributed by atoms with Crippen molar-refractivity contribution < 1.29 is 13.9 Å². The summed E-state index contributed by atoms with van der Waals surface area (Å²) in [5, 5.41) is 3.34. The Balaban J connectivity index is 2.72. The number of nitrogens with one attached hydrogen (secondary N) is 1. The monoisotopic (exact) mass is 227 g/mol. The third-order valence-electron chi connectivity index (χ3n) is 2.26. The molecule has 1 aromatic rings. The van der Waals surface area contributed by atoms with Crippen LogP contribution in [0.5, 0.6) is 0 Å². The Kier molecular flexibility index (Phi) is 6.15. The van der Waals surface area contributed by atoms with Crippen molar-refractivity contribution in [2.45, 2.75) is 33.1 Å². The summed E-state index contributed by atoms with van der Waals surface area (Å²) < 4.78 is 16.3. The van der Waals surface area contributed by atoms with Crippen molar-refractivity contribution in [1.82, 2.24) is 5.32 Å². The molecular weight excluding hydrogens is 206 g/mol. The number of furan rings is 1. The van der Waals surface area contributed by atoms with Gasteiger partial charge in [-0.1, -0.05) is 6.92 Å². The van der Waals surface area contributed by atoms with E-state index in [1.165, 1.54) is 0 Å². The molecule has 4 heteroatoms. The Labute approximate surface area is 96.9 Å². The van der Waals surface area contributed by atoms with Crippen molar-refractivity contribution in [1.29, 1.82) is 0 Å². The highest BCUT2D eigenvalue weighted by molar-refractivity contribution is 5.12. The van der Waals surface area contributed by atoms with Crippen LogP contribution in [0.15, 0.2) is 23.0 Å². The summed E-state index contributed by atoms with van der Waals surface area (Å²) in [5.74, 6) is 0. The Morgan fingerprint density at radius 3 is 2.38 bits per heavy atom. The lowest BCUT2D eigenvalue weighted by Gasteiger charge is -2.26.